The van der Waals surface area contributed by atoms with Gasteiger partial charge in [0.25, 0.3) is 0 Å². The number of hydrogen-bond donors (Lipinski definition) is 0. The highest BCUT2D eigenvalue weighted by Crippen LogP contribution is 2.31. The minimum absolute atomic E-state index is 0.717. The molecule has 2 heteroatoms. The average Bonchev–Trinajstić information content (AvgIpc) is 2.49. The Balaban J connectivity index is 2.56. The topological polar surface area (TPSA) is 3.24 Å². The van der Waals surface area contributed by atoms with Crippen LogP contribution >= 0.6 is 11.8 Å². The van der Waals surface area contributed by atoms with Gasteiger partial charge in [-0.2, -0.15) is 11.8 Å². The summed E-state index contributed by atoms with van der Waals surface area (Å²) in [4.78, 5) is 2.70. The molecule has 1 rings (SSSR count). The Morgan fingerprint density at radius 2 is 1.93 bits per heavy atom. The van der Waals surface area contributed by atoms with Gasteiger partial charge in [0.1, 0.15) is 0 Å². The standard InChI is InChI=1S/C12H25NS/c1-9(2)12-6-11(8-14-5)7-13(12)10(3)4/h9-12H,6-8H2,1-5H3/t11?,12-/m0/s1. The van der Waals surface area contributed by atoms with Gasteiger partial charge in [0.2, 0.25) is 0 Å². The molecule has 0 amide bonds. The third kappa shape index (κ3) is 2.90. The number of thioether (sulfide) groups is 1. The average molecular weight is 215 g/mol. The van der Waals surface area contributed by atoms with Gasteiger partial charge in [-0.3, -0.25) is 4.90 Å². The molecule has 1 aliphatic heterocycles. The van der Waals surface area contributed by atoms with Crippen molar-refractivity contribution in [3.05, 3.63) is 0 Å². The Hall–Kier alpha value is 0.310. The zero-order chi connectivity index (χ0) is 10.7. The van der Waals surface area contributed by atoms with Gasteiger partial charge < -0.3 is 0 Å². The van der Waals surface area contributed by atoms with Crippen molar-refractivity contribution in [1.82, 2.24) is 4.90 Å². The van der Waals surface area contributed by atoms with E-state index in [1.54, 1.807) is 0 Å². The van der Waals surface area contributed by atoms with E-state index in [0.29, 0.717) is 6.04 Å². The lowest BCUT2D eigenvalue weighted by molar-refractivity contribution is 0.164. The Labute approximate surface area is 93.6 Å². The molecule has 1 aliphatic rings. The molecule has 0 aliphatic carbocycles. The molecule has 14 heavy (non-hydrogen) atoms. The Morgan fingerprint density at radius 3 is 2.29 bits per heavy atom. The molecule has 0 aromatic carbocycles. The van der Waals surface area contributed by atoms with E-state index in [1.807, 2.05) is 11.8 Å². The van der Waals surface area contributed by atoms with Crippen molar-refractivity contribution in [1.29, 1.82) is 0 Å². The maximum Gasteiger partial charge on any atom is 0.0124 e. The van der Waals surface area contributed by atoms with Crippen molar-refractivity contribution in [2.75, 3.05) is 18.6 Å². The first-order chi connectivity index (χ1) is 6.56. The monoisotopic (exact) mass is 215 g/mol. The summed E-state index contributed by atoms with van der Waals surface area (Å²) in [7, 11) is 0. The minimum Gasteiger partial charge on any atom is -0.297 e. The van der Waals surface area contributed by atoms with Gasteiger partial charge in [0, 0.05) is 18.6 Å². The normalized spacial score (nSPS) is 29.4. The summed E-state index contributed by atoms with van der Waals surface area (Å²) in [6.45, 7) is 10.7. The van der Waals surface area contributed by atoms with Crippen LogP contribution in [0.1, 0.15) is 34.1 Å². The van der Waals surface area contributed by atoms with Crippen LogP contribution in [0.5, 0.6) is 0 Å². The molecular weight excluding hydrogens is 190 g/mol. The molecule has 0 saturated carbocycles. The van der Waals surface area contributed by atoms with Gasteiger partial charge in [-0.15, -0.1) is 0 Å². The Bertz CT molecular complexity index is 152. The summed E-state index contributed by atoms with van der Waals surface area (Å²) in [5.74, 6) is 3.08. The van der Waals surface area contributed by atoms with Crippen molar-refractivity contribution in [3.8, 4) is 0 Å². The van der Waals surface area contributed by atoms with Crippen LogP contribution in [-0.2, 0) is 0 Å². The summed E-state index contributed by atoms with van der Waals surface area (Å²) in [6, 6.07) is 1.54. The molecular formula is C12H25NS. The molecule has 0 bridgehead atoms. The lowest BCUT2D eigenvalue weighted by atomic mass is 9.98. The second kappa shape index (κ2) is 5.41. The smallest absolute Gasteiger partial charge is 0.0124 e. The van der Waals surface area contributed by atoms with E-state index in [1.165, 1.54) is 18.7 Å². The fraction of sp³-hybridized carbons (Fsp3) is 1.00. The maximum atomic E-state index is 2.70. The van der Waals surface area contributed by atoms with Crippen LogP contribution in [0.15, 0.2) is 0 Å². The minimum atomic E-state index is 0.717. The van der Waals surface area contributed by atoms with Gasteiger partial charge in [0.15, 0.2) is 0 Å². The second-order valence-electron chi connectivity index (χ2n) is 5.16. The van der Waals surface area contributed by atoms with Crippen LogP contribution in [-0.4, -0.2) is 35.5 Å². The quantitative estimate of drug-likeness (QED) is 0.709. The van der Waals surface area contributed by atoms with E-state index in [4.69, 9.17) is 0 Å². The number of rotatable bonds is 4. The Morgan fingerprint density at radius 1 is 1.29 bits per heavy atom. The summed E-state index contributed by atoms with van der Waals surface area (Å²) in [5.41, 5.74) is 0. The first-order valence-corrected chi connectivity index (χ1v) is 7.20. The molecule has 1 nitrogen and oxygen atoms in total. The predicted molar refractivity (Wildman–Crippen MR) is 67.0 cm³/mol. The van der Waals surface area contributed by atoms with Gasteiger partial charge in [-0.1, -0.05) is 13.8 Å². The van der Waals surface area contributed by atoms with E-state index in [0.717, 1.165) is 17.9 Å². The summed E-state index contributed by atoms with van der Waals surface area (Å²) >= 11 is 2.00. The lowest BCUT2D eigenvalue weighted by Gasteiger charge is -2.30. The van der Waals surface area contributed by atoms with Gasteiger partial charge in [-0.05, 0) is 44.1 Å². The first-order valence-electron chi connectivity index (χ1n) is 5.81. The molecule has 1 saturated heterocycles. The number of hydrogen-bond acceptors (Lipinski definition) is 2. The van der Waals surface area contributed by atoms with Crippen LogP contribution in [0.2, 0.25) is 0 Å². The summed E-state index contributed by atoms with van der Waals surface area (Å²) < 4.78 is 0. The third-order valence-electron chi connectivity index (χ3n) is 3.31. The second-order valence-corrected chi connectivity index (χ2v) is 6.07. The molecule has 0 N–H and O–H groups in total. The first kappa shape index (κ1) is 12.4. The van der Waals surface area contributed by atoms with Crippen LogP contribution < -0.4 is 0 Å². The van der Waals surface area contributed by atoms with Crippen molar-refractivity contribution in [3.63, 3.8) is 0 Å². The van der Waals surface area contributed by atoms with Crippen molar-refractivity contribution in [2.24, 2.45) is 11.8 Å². The highest BCUT2D eigenvalue weighted by molar-refractivity contribution is 7.98. The zero-order valence-corrected chi connectivity index (χ0v) is 11.1. The van der Waals surface area contributed by atoms with E-state index in [2.05, 4.69) is 38.9 Å². The molecule has 0 aromatic heterocycles. The van der Waals surface area contributed by atoms with Crippen LogP contribution in [0.4, 0.5) is 0 Å². The fourth-order valence-electron chi connectivity index (χ4n) is 2.59. The molecule has 2 atom stereocenters. The molecule has 0 spiro atoms. The molecule has 0 aromatic rings. The van der Waals surface area contributed by atoms with Gasteiger partial charge >= 0.3 is 0 Å². The molecule has 0 radical (unpaired) electrons. The van der Waals surface area contributed by atoms with Crippen LogP contribution in [0, 0.1) is 11.8 Å². The molecule has 84 valence electrons. The lowest BCUT2D eigenvalue weighted by Crippen LogP contribution is -2.38. The van der Waals surface area contributed by atoms with Crippen molar-refractivity contribution < 1.29 is 0 Å². The molecule has 1 fully saturated rings. The highest BCUT2D eigenvalue weighted by atomic mass is 32.2. The molecule has 1 heterocycles. The fourth-order valence-corrected chi connectivity index (χ4v) is 3.30. The number of likely N-dealkylation sites (tertiary alicyclic amines) is 1. The zero-order valence-electron chi connectivity index (χ0n) is 10.3. The SMILES string of the molecule is CSCC1C[C@@H](C(C)C)N(C(C)C)C1. The van der Waals surface area contributed by atoms with Crippen molar-refractivity contribution in [2.45, 2.75) is 46.2 Å². The van der Waals surface area contributed by atoms with E-state index in [9.17, 15) is 0 Å². The van der Waals surface area contributed by atoms with Crippen LogP contribution in [0.3, 0.4) is 0 Å². The summed E-state index contributed by atoms with van der Waals surface area (Å²) in [6.07, 6.45) is 3.64. The summed E-state index contributed by atoms with van der Waals surface area (Å²) in [5, 5.41) is 0. The highest BCUT2D eigenvalue weighted by Gasteiger charge is 2.34. The maximum absolute atomic E-state index is 2.70. The largest absolute Gasteiger partial charge is 0.297 e. The van der Waals surface area contributed by atoms with E-state index >= 15 is 0 Å². The predicted octanol–water partition coefficient (Wildman–Crippen LogP) is 3.10. The van der Waals surface area contributed by atoms with Crippen LogP contribution in [0.25, 0.3) is 0 Å². The van der Waals surface area contributed by atoms with Gasteiger partial charge in [-0.25, -0.2) is 0 Å². The van der Waals surface area contributed by atoms with Crippen molar-refractivity contribution >= 4 is 11.8 Å². The molecule has 1 unspecified atom stereocenters. The van der Waals surface area contributed by atoms with E-state index < -0.39 is 0 Å². The third-order valence-corrected chi connectivity index (χ3v) is 4.11. The van der Waals surface area contributed by atoms with E-state index in [-0.39, 0.29) is 0 Å². The Kier molecular flexibility index (Phi) is 4.78. The van der Waals surface area contributed by atoms with Gasteiger partial charge in [0.05, 0.1) is 0 Å². The number of nitrogens with zero attached hydrogens (tertiary/aromatic N) is 1.